The van der Waals surface area contributed by atoms with Gasteiger partial charge in [0, 0.05) is 19.2 Å². The topological polar surface area (TPSA) is 88.1 Å². The number of carboxylic acid groups (broad SMARTS) is 1. The van der Waals surface area contributed by atoms with Gasteiger partial charge >= 0.3 is 12.0 Å². The van der Waals surface area contributed by atoms with Crippen LogP contribution < -0.4 is 14.8 Å². The number of rotatable bonds is 5. The standard InChI is InChI=1S/C20H21FN2O5/c1-12-3-5-17(18(9-12)27-2)28-16-6-4-14(21)10-15(16)22-20(26)23-8-7-13(11-23)19(24)25/h3-6,9-10,13H,7-8,11H2,1-2H3,(H,22,26)(H,24,25). The molecule has 1 aliphatic heterocycles. The molecule has 0 aromatic heterocycles. The zero-order chi connectivity index (χ0) is 20.3. The number of ether oxygens (including phenoxy) is 2. The molecule has 2 N–H and O–H groups in total. The Kier molecular flexibility index (Phi) is 5.67. The number of carbonyl (C=O) groups is 2. The van der Waals surface area contributed by atoms with Gasteiger partial charge in [-0.15, -0.1) is 0 Å². The summed E-state index contributed by atoms with van der Waals surface area (Å²) in [5, 5.41) is 11.7. The largest absolute Gasteiger partial charge is 0.493 e. The maximum absolute atomic E-state index is 13.8. The Morgan fingerprint density at radius 3 is 2.61 bits per heavy atom. The van der Waals surface area contributed by atoms with Gasteiger partial charge in [-0.2, -0.15) is 0 Å². The number of hydrogen-bond acceptors (Lipinski definition) is 4. The molecular formula is C20H21FN2O5. The lowest BCUT2D eigenvalue weighted by Gasteiger charge is -2.19. The molecule has 8 heteroatoms. The van der Waals surface area contributed by atoms with E-state index >= 15 is 0 Å². The van der Waals surface area contributed by atoms with Gasteiger partial charge in [0.05, 0.1) is 18.7 Å². The van der Waals surface area contributed by atoms with Crippen molar-refractivity contribution in [3.8, 4) is 17.2 Å². The summed E-state index contributed by atoms with van der Waals surface area (Å²) >= 11 is 0. The Morgan fingerprint density at radius 1 is 1.18 bits per heavy atom. The number of carbonyl (C=O) groups excluding carboxylic acids is 1. The first kappa shape index (κ1) is 19.5. The number of methoxy groups -OCH3 is 1. The van der Waals surface area contributed by atoms with Gasteiger partial charge < -0.3 is 24.8 Å². The van der Waals surface area contributed by atoms with Gasteiger partial charge in [-0.3, -0.25) is 4.79 Å². The number of carboxylic acids is 1. The van der Waals surface area contributed by atoms with E-state index < -0.39 is 23.7 Å². The Labute approximate surface area is 161 Å². The monoisotopic (exact) mass is 388 g/mol. The van der Waals surface area contributed by atoms with Crippen LogP contribution in [-0.2, 0) is 4.79 Å². The Hall–Kier alpha value is -3.29. The first-order valence-electron chi connectivity index (χ1n) is 8.78. The summed E-state index contributed by atoms with van der Waals surface area (Å²) in [7, 11) is 1.52. The smallest absolute Gasteiger partial charge is 0.321 e. The molecule has 0 radical (unpaired) electrons. The second-order valence-electron chi connectivity index (χ2n) is 6.60. The first-order valence-corrected chi connectivity index (χ1v) is 8.78. The number of aliphatic carboxylic acids is 1. The maximum atomic E-state index is 13.8. The van der Waals surface area contributed by atoms with Gasteiger partial charge in [0.1, 0.15) is 5.82 Å². The maximum Gasteiger partial charge on any atom is 0.321 e. The number of aryl methyl sites for hydroxylation is 1. The van der Waals surface area contributed by atoms with Crippen LogP contribution in [-0.4, -0.2) is 42.2 Å². The predicted molar refractivity (Wildman–Crippen MR) is 101 cm³/mol. The van der Waals surface area contributed by atoms with E-state index in [2.05, 4.69) is 5.32 Å². The fraction of sp³-hybridized carbons (Fsp3) is 0.300. The van der Waals surface area contributed by atoms with E-state index in [1.807, 2.05) is 13.0 Å². The summed E-state index contributed by atoms with van der Waals surface area (Å²) < 4.78 is 24.9. The Balaban J connectivity index is 1.80. The molecular weight excluding hydrogens is 367 g/mol. The number of urea groups is 1. The van der Waals surface area contributed by atoms with Crippen molar-refractivity contribution in [3.63, 3.8) is 0 Å². The highest BCUT2D eigenvalue weighted by atomic mass is 19.1. The van der Waals surface area contributed by atoms with Crippen molar-refractivity contribution < 1.29 is 28.6 Å². The van der Waals surface area contributed by atoms with Gasteiger partial charge in [-0.05, 0) is 43.2 Å². The van der Waals surface area contributed by atoms with Crippen LogP contribution in [0.5, 0.6) is 17.2 Å². The number of hydrogen-bond donors (Lipinski definition) is 2. The number of nitrogens with one attached hydrogen (secondary N) is 1. The molecule has 1 aliphatic rings. The van der Waals surface area contributed by atoms with Gasteiger partial charge in [0.2, 0.25) is 0 Å². The van der Waals surface area contributed by atoms with E-state index in [1.165, 1.54) is 24.1 Å². The second kappa shape index (κ2) is 8.16. The number of amides is 2. The minimum atomic E-state index is -0.934. The van der Waals surface area contributed by atoms with Crippen molar-refractivity contribution in [2.45, 2.75) is 13.3 Å². The number of benzene rings is 2. The van der Waals surface area contributed by atoms with Crippen LogP contribution in [0.4, 0.5) is 14.9 Å². The minimum absolute atomic E-state index is 0.110. The Bertz CT molecular complexity index is 902. The van der Waals surface area contributed by atoms with Gasteiger partial charge in [0.25, 0.3) is 0 Å². The van der Waals surface area contributed by atoms with E-state index in [0.717, 1.165) is 11.6 Å². The normalized spacial score (nSPS) is 16.0. The molecule has 2 aromatic rings. The fourth-order valence-electron chi connectivity index (χ4n) is 3.01. The lowest BCUT2D eigenvalue weighted by molar-refractivity contribution is -0.141. The molecule has 2 amide bonds. The van der Waals surface area contributed by atoms with E-state index in [4.69, 9.17) is 14.6 Å². The molecule has 1 atom stereocenters. The quantitative estimate of drug-likeness (QED) is 0.812. The average Bonchev–Trinajstić information content (AvgIpc) is 3.16. The van der Waals surface area contributed by atoms with Crippen molar-refractivity contribution in [2.75, 3.05) is 25.5 Å². The number of nitrogens with zero attached hydrogens (tertiary/aromatic N) is 1. The van der Waals surface area contributed by atoms with Crippen molar-refractivity contribution in [1.29, 1.82) is 0 Å². The zero-order valence-corrected chi connectivity index (χ0v) is 15.6. The summed E-state index contributed by atoms with van der Waals surface area (Å²) in [4.78, 5) is 24.9. The van der Waals surface area contributed by atoms with Crippen molar-refractivity contribution >= 4 is 17.7 Å². The SMILES string of the molecule is COc1cc(C)ccc1Oc1ccc(F)cc1NC(=O)N1CCC(C(=O)O)C1. The van der Waals surface area contributed by atoms with Crippen LogP contribution >= 0.6 is 0 Å². The molecule has 1 fully saturated rings. The fourth-order valence-corrected chi connectivity index (χ4v) is 3.01. The van der Waals surface area contributed by atoms with Gasteiger partial charge in [0.15, 0.2) is 17.2 Å². The van der Waals surface area contributed by atoms with Gasteiger partial charge in [-0.1, -0.05) is 6.07 Å². The highest BCUT2D eigenvalue weighted by molar-refractivity contribution is 5.91. The number of halogens is 1. The summed E-state index contributed by atoms with van der Waals surface area (Å²) in [6.45, 7) is 2.34. The van der Waals surface area contributed by atoms with Crippen LogP contribution in [0.25, 0.3) is 0 Å². The molecule has 148 valence electrons. The molecule has 0 saturated carbocycles. The lowest BCUT2D eigenvalue weighted by Crippen LogP contribution is -2.33. The zero-order valence-electron chi connectivity index (χ0n) is 15.6. The van der Waals surface area contributed by atoms with Crippen LogP contribution in [0.3, 0.4) is 0 Å². The third-order valence-corrected chi connectivity index (χ3v) is 4.55. The van der Waals surface area contributed by atoms with Crippen molar-refractivity contribution in [3.05, 3.63) is 47.8 Å². The summed E-state index contributed by atoms with van der Waals surface area (Å²) in [6, 6.07) is 8.65. The van der Waals surface area contributed by atoms with Crippen LogP contribution in [0.15, 0.2) is 36.4 Å². The number of anilines is 1. The summed E-state index contributed by atoms with van der Waals surface area (Å²) in [6.07, 6.45) is 0.385. The molecule has 0 spiro atoms. The van der Waals surface area contributed by atoms with E-state index in [1.54, 1.807) is 12.1 Å². The van der Waals surface area contributed by atoms with Gasteiger partial charge in [-0.25, -0.2) is 9.18 Å². The van der Waals surface area contributed by atoms with Crippen molar-refractivity contribution in [1.82, 2.24) is 4.90 Å². The molecule has 0 bridgehead atoms. The molecule has 3 rings (SSSR count). The molecule has 1 heterocycles. The molecule has 1 unspecified atom stereocenters. The van der Waals surface area contributed by atoms with Crippen molar-refractivity contribution in [2.24, 2.45) is 5.92 Å². The van der Waals surface area contributed by atoms with Crippen LogP contribution in [0, 0.1) is 18.7 Å². The molecule has 28 heavy (non-hydrogen) atoms. The Morgan fingerprint density at radius 2 is 1.93 bits per heavy atom. The first-order chi connectivity index (χ1) is 13.4. The third kappa shape index (κ3) is 4.33. The predicted octanol–water partition coefficient (Wildman–Crippen LogP) is 3.87. The minimum Gasteiger partial charge on any atom is -0.493 e. The number of likely N-dealkylation sites (tertiary alicyclic amines) is 1. The van der Waals surface area contributed by atoms with E-state index in [9.17, 15) is 14.0 Å². The lowest BCUT2D eigenvalue weighted by atomic mass is 10.1. The molecule has 0 aliphatic carbocycles. The van der Waals surface area contributed by atoms with Crippen LogP contribution in [0.1, 0.15) is 12.0 Å². The molecule has 7 nitrogen and oxygen atoms in total. The molecule has 2 aromatic carbocycles. The molecule has 1 saturated heterocycles. The third-order valence-electron chi connectivity index (χ3n) is 4.55. The highest BCUT2D eigenvalue weighted by Crippen LogP contribution is 2.36. The highest BCUT2D eigenvalue weighted by Gasteiger charge is 2.31. The average molecular weight is 388 g/mol. The summed E-state index contributed by atoms with van der Waals surface area (Å²) in [5.74, 6) is -0.899. The van der Waals surface area contributed by atoms with E-state index in [-0.39, 0.29) is 18.0 Å². The van der Waals surface area contributed by atoms with E-state index in [0.29, 0.717) is 24.5 Å². The summed E-state index contributed by atoms with van der Waals surface area (Å²) in [5.41, 5.74) is 1.13. The van der Waals surface area contributed by atoms with Crippen LogP contribution in [0.2, 0.25) is 0 Å². The second-order valence-corrected chi connectivity index (χ2v) is 6.60.